The molecule has 5 heteroatoms. The number of rotatable bonds is 3. The van der Waals surface area contributed by atoms with Crippen molar-refractivity contribution < 1.29 is 0 Å². The molecule has 2 aromatic carbocycles. The van der Waals surface area contributed by atoms with Crippen LogP contribution in [0.25, 0.3) is 10.9 Å². The van der Waals surface area contributed by atoms with E-state index < -0.39 is 11.8 Å². The number of aryl methyl sites for hydroxylation is 1. The summed E-state index contributed by atoms with van der Waals surface area (Å²) in [6.07, 6.45) is 0. The van der Waals surface area contributed by atoms with E-state index in [4.69, 9.17) is 23.2 Å². The van der Waals surface area contributed by atoms with E-state index in [2.05, 4.69) is 17.1 Å². The fourth-order valence-electron chi connectivity index (χ4n) is 3.13. The highest BCUT2D eigenvalue weighted by atomic mass is 35.5. The first kappa shape index (κ1) is 16.4. The van der Waals surface area contributed by atoms with Crippen LogP contribution >= 0.6 is 23.2 Å². The lowest BCUT2D eigenvalue weighted by atomic mass is 9.80. The highest BCUT2D eigenvalue weighted by Gasteiger charge is 2.30. The molecule has 0 saturated carbocycles. The number of benzene rings is 2. The summed E-state index contributed by atoms with van der Waals surface area (Å²) < 4.78 is 0. The Bertz CT molecular complexity index is 978. The van der Waals surface area contributed by atoms with Gasteiger partial charge < -0.3 is 4.98 Å². The first-order valence-corrected chi connectivity index (χ1v) is 8.13. The van der Waals surface area contributed by atoms with Crippen LogP contribution in [0.15, 0.2) is 42.5 Å². The molecule has 0 aliphatic carbocycles. The summed E-state index contributed by atoms with van der Waals surface area (Å²) in [7, 11) is 0. The molecule has 1 heterocycles. The lowest BCUT2D eigenvalue weighted by molar-refractivity contribution is 0.709. The molecular formula is C19H13Cl2N3. The minimum Gasteiger partial charge on any atom is -0.358 e. The molecule has 0 amide bonds. The van der Waals surface area contributed by atoms with Gasteiger partial charge in [-0.25, -0.2) is 0 Å². The Hall–Kier alpha value is -2.46. The molecule has 0 radical (unpaired) electrons. The van der Waals surface area contributed by atoms with Crippen LogP contribution in [-0.4, -0.2) is 4.98 Å². The van der Waals surface area contributed by atoms with E-state index in [9.17, 15) is 10.5 Å². The zero-order valence-electron chi connectivity index (χ0n) is 12.8. The summed E-state index contributed by atoms with van der Waals surface area (Å²) in [5, 5.41) is 21.0. The molecular weight excluding hydrogens is 341 g/mol. The Morgan fingerprint density at radius 1 is 1.04 bits per heavy atom. The summed E-state index contributed by atoms with van der Waals surface area (Å²) in [6, 6.07) is 17.2. The van der Waals surface area contributed by atoms with Gasteiger partial charge >= 0.3 is 0 Å². The number of halogens is 2. The van der Waals surface area contributed by atoms with Gasteiger partial charge in [0, 0.05) is 32.6 Å². The number of H-pyrrole nitrogens is 1. The minimum absolute atomic E-state index is 0.452. The number of fused-ring (bicyclic) bond motifs is 1. The van der Waals surface area contributed by atoms with Gasteiger partial charge in [0.1, 0.15) is 5.92 Å². The van der Waals surface area contributed by atoms with Crippen molar-refractivity contribution in [3.8, 4) is 12.1 Å². The van der Waals surface area contributed by atoms with E-state index in [1.165, 1.54) is 0 Å². The molecule has 3 rings (SSSR count). The molecule has 0 bridgehead atoms. The fraction of sp³-hybridized carbons (Fsp3) is 0.158. The highest BCUT2D eigenvalue weighted by Crippen LogP contribution is 2.41. The third-order valence-electron chi connectivity index (χ3n) is 4.16. The Morgan fingerprint density at radius 2 is 1.75 bits per heavy atom. The number of hydrogen-bond donors (Lipinski definition) is 1. The first-order chi connectivity index (χ1) is 11.6. The van der Waals surface area contributed by atoms with Crippen molar-refractivity contribution in [2.24, 2.45) is 5.92 Å². The molecule has 0 spiro atoms. The minimum atomic E-state index is -0.860. The van der Waals surface area contributed by atoms with Crippen LogP contribution in [0.5, 0.6) is 0 Å². The monoisotopic (exact) mass is 353 g/mol. The lowest BCUT2D eigenvalue weighted by Crippen LogP contribution is -2.13. The maximum absolute atomic E-state index is 9.51. The molecule has 1 N–H and O–H groups in total. The van der Waals surface area contributed by atoms with Crippen molar-refractivity contribution in [3.05, 3.63) is 69.3 Å². The molecule has 1 unspecified atom stereocenters. The molecule has 118 valence electrons. The van der Waals surface area contributed by atoms with E-state index in [1.807, 2.05) is 31.2 Å². The largest absolute Gasteiger partial charge is 0.358 e. The smallest absolute Gasteiger partial charge is 0.144 e. The van der Waals surface area contributed by atoms with Gasteiger partial charge in [-0.15, -0.1) is 0 Å². The number of aromatic amines is 1. The van der Waals surface area contributed by atoms with Gasteiger partial charge in [0.25, 0.3) is 0 Å². The average molecular weight is 354 g/mol. The van der Waals surface area contributed by atoms with Crippen molar-refractivity contribution in [1.29, 1.82) is 10.5 Å². The fourth-order valence-corrected chi connectivity index (χ4v) is 3.66. The van der Waals surface area contributed by atoms with Crippen LogP contribution in [0.3, 0.4) is 0 Å². The maximum Gasteiger partial charge on any atom is 0.144 e. The predicted octanol–water partition coefficient (Wildman–Crippen LogP) is 5.58. The normalized spacial score (nSPS) is 12.1. The molecule has 3 aromatic rings. The van der Waals surface area contributed by atoms with Crippen LogP contribution in [0, 0.1) is 35.5 Å². The van der Waals surface area contributed by atoms with Crippen molar-refractivity contribution in [2.75, 3.05) is 0 Å². The van der Waals surface area contributed by atoms with Crippen LogP contribution in [0.4, 0.5) is 0 Å². The molecule has 24 heavy (non-hydrogen) atoms. The number of para-hydroxylation sites is 1. The van der Waals surface area contributed by atoms with Crippen molar-refractivity contribution in [2.45, 2.75) is 12.8 Å². The van der Waals surface area contributed by atoms with E-state index in [1.54, 1.807) is 18.2 Å². The summed E-state index contributed by atoms with van der Waals surface area (Å²) in [6.45, 7) is 1.94. The summed E-state index contributed by atoms with van der Waals surface area (Å²) >= 11 is 12.4. The van der Waals surface area contributed by atoms with Gasteiger partial charge in [0.2, 0.25) is 0 Å². The first-order valence-electron chi connectivity index (χ1n) is 7.38. The molecule has 3 nitrogen and oxygen atoms in total. The molecule has 1 aromatic heterocycles. The van der Waals surface area contributed by atoms with Gasteiger partial charge in [0.15, 0.2) is 0 Å². The SMILES string of the molecule is Cc1[nH]c2ccccc2c1C(c1ccc(Cl)cc1Cl)C(C#N)C#N. The van der Waals surface area contributed by atoms with Gasteiger partial charge in [-0.05, 0) is 36.2 Å². The van der Waals surface area contributed by atoms with Crippen molar-refractivity contribution >= 4 is 34.1 Å². The predicted molar refractivity (Wildman–Crippen MR) is 96.1 cm³/mol. The van der Waals surface area contributed by atoms with Crippen LogP contribution in [0.2, 0.25) is 10.0 Å². The van der Waals surface area contributed by atoms with E-state index in [0.717, 1.165) is 27.7 Å². The Balaban J connectivity index is 2.31. The number of aromatic nitrogens is 1. The van der Waals surface area contributed by atoms with Gasteiger partial charge in [0.05, 0.1) is 12.1 Å². The highest BCUT2D eigenvalue weighted by molar-refractivity contribution is 6.35. The second-order valence-corrected chi connectivity index (χ2v) is 6.43. The molecule has 0 aliphatic rings. The van der Waals surface area contributed by atoms with Gasteiger partial charge in [-0.3, -0.25) is 0 Å². The van der Waals surface area contributed by atoms with E-state index >= 15 is 0 Å². The molecule has 0 saturated heterocycles. The van der Waals surface area contributed by atoms with Crippen LogP contribution < -0.4 is 0 Å². The Labute approximate surface area is 150 Å². The Kier molecular flexibility index (Phi) is 4.49. The second-order valence-electron chi connectivity index (χ2n) is 5.59. The second kappa shape index (κ2) is 6.57. The number of nitrogens with zero attached hydrogens (tertiary/aromatic N) is 2. The zero-order valence-corrected chi connectivity index (χ0v) is 14.4. The van der Waals surface area contributed by atoms with Crippen molar-refractivity contribution in [1.82, 2.24) is 4.98 Å². The summed E-state index contributed by atoms with van der Waals surface area (Å²) in [4.78, 5) is 3.32. The summed E-state index contributed by atoms with van der Waals surface area (Å²) in [5.41, 5.74) is 3.53. The molecule has 0 aliphatic heterocycles. The lowest BCUT2D eigenvalue weighted by Gasteiger charge is -2.20. The van der Waals surface area contributed by atoms with Gasteiger partial charge in [-0.2, -0.15) is 10.5 Å². The number of nitrogens with one attached hydrogen (secondary N) is 1. The van der Waals surface area contributed by atoms with Crippen molar-refractivity contribution in [3.63, 3.8) is 0 Å². The third kappa shape index (κ3) is 2.74. The maximum atomic E-state index is 9.51. The topological polar surface area (TPSA) is 63.4 Å². The third-order valence-corrected chi connectivity index (χ3v) is 4.73. The summed E-state index contributed by atoms with van der Waals surface area (Å²) in [5.74, 6) is -1.32. The average Bonchev–Trinajstić information content (AvgIpc) is 2.89. The number of nitriles is 2. The standard InChI is InChI=1S/C19H13Cl2N3/c1-11-18(15-4-2-3-5-17(15)24-11)19(12(9-22)10-23)14-7-6-13(20)8-16(14)21/h2-8,12,19,24H,1H3. The quantitative estimate of drug-likeness (QED) is 0.667. The Morgan fingerprint density at radius 3 is 2.42 bits per heavy atom. The van der Waals surface area contributed by atoms with Gasteiger partial charge in [-0.1, -0.05) is 47.5 Å². The van der Waals surface area contributed by atoms with E-state index in [-0.39, 0.29) is 0 Å². The zero-order chi connectivity index (χ0) is 17.3. The van der Waals surface area contributed by atoms with Crippen LogP contribution in [0.1, 0.15) is 22.7 Å². The van der Waals surface area contributed by atoms with E-state index in [0.29, 0.717) is 10.0 Å². The van der Waals surface area contributed by atoms with Crippen LogP contribution in [-0.2, 0) is 0 Å². The molecule has 0 fully saturated rings. The molecule has 1 atom stereocenters. The number of hydrogen-bond acceptors (Lipinski definition) is 2.